The third kappa shape index (κ3) is 2.49. The average Bonchev–Trinajstić information content (AvgIpc) is 2.31. The Labute approximate surface area is 99.1 Å². The van der Waals surface area contributed by atoms with Crippen LogP contribution in [-0.2, 0) is 0 Å². The fourth-order valence-corrected chi connectivity index (χ4v) is 1.45. The average molecular weight is 235 g/mol. The summed E-state index contributed by atoms with van der Waals surface area (Å²) in [6.07, 6.45) is 3.30. The summed E-state index contributed by atoms with van der Waals surface area (Å²) in [5.41, 5.74) is 1.75. The molecule has 0 saturated heterocycles. The molecule has 0 N–H and O–H groups in total. The van der Waals surface area contributed by atoms with Gasteiger partial charge in [-0.2, -0.15) is 0 Å². The fourth-order valence-electron chi connectivity index (χ4n) is 1.33. The van der Waals surface area contributed by atoms with Gasteiger partial charge in [-0.1, -0.05) is 23.7 Å². The number of hydrogen-bond donors (Lipinski definition) is 0. The van der Waals surface area contributed by atoms with Crippen molar-refractivity contribution < 1.29 is 4.74 Å². The first kappa shape index (κ1) is 10.9. The predicted molar refractivity (Wildman–Crippen MR) is 63.6 cm³/mol. The van der Waals surface area contributed by atoms with Crippen molar-refractivity contribution in [2.75, 3.05) is 6.61 Å². The molecule has 0 amide bonds. The number of halogens is 1. The molecular weight excluding hydrogens is 224 g/mol. The second-order valence-corrected chi connectivity index (χ2v) is 3.62. The van der Waals surface area contributed by atoms with E-state index < -0.39 is 0 Å². The minimum Gasteiger partial charge on any atom is -0.477 e. The van der Waals surface area contributed by atoms with E-state index in [4.69, 9.17) is 16.3 Å². The van der Waals surface area contributed by atoms with E-state index in [1.54, 1.807) is 12.4 Å². The summed E-state index contributed by atoms with van der Waals surface area (Å²) in [5, 5.41) is 0.706. The fraction of sp³-hybridized carbons (Fsp3) is 0.167. The Hall–Kier alpha value is -1.61. The molecule has 1 aromatic heterocycles. The summed E-state index contributed by atoms with van der Waals surface area (Å²) in [4.78, 5) is 8.42. The molecule has 3 nitrogen and oxygen atoms in total. The van der Waals surface area contributed by atoms with Crippen molar-refractivity contribution in [2.45, 2.75) is 6.92 Å². The van der Waals surface area contributed by atoms with E-state index in [1.165, 1.54) is 0 Å². The third-order valence-corrected chi connectivity index (χ3v) is 2.30. The summed E-state index contributed by atoms with van der Waals surface area (Å²) < 4.78 is 5.29. The van der Waals surface area contributed by atoms with E-state index in [-0.39, 0.29) is 0 Å². The Balaban J connectivity index is 2.32. The number of nitrogens with zero attached hydrogens (tertiary/aromatic N) is 2. The summed E-state index contributed by atoms with van der Waals surface area (Å²) in [5.74, 6) is 0.537. The van der Waals surface area contributed by atoms with Gasteiger partial charge in [-0.25, -0.2) is 4.98 Å². The molecule has 0 fully saturated rings. The lowest BCUT2D eigenvalue weighted by Gasteiger charge is -2.04. The minimum absolute atomic E-state index is 0.537. The normalized spacial score (nSPS) is 10.1. The molecule has 16 heavy (non-hydrogen) atoms. The van der Waals surface area contributed by atoms with Crippen LogP contribution in [0.3, 0.4) is 0 Å². The molecule has 1 aromatic carbocycles. The Morgan fingerprint density at radius 2 is 1.94 bits per heavy atom. The van der Waals surface area contributed by atoms with Crippen LogP contribution < -0.4 is 4.74 Å². The van der Waals surface area contributed by atoms with Gasteiger partial charge in [0.05, 0.1) is 24.7 Å². The van der Waals surface area contributed by atoms with Crippen molar-refractivity contribution in [2.24, 2.45) is 0 Å². The van der Waals surface area contributed by atoms with Crippen LogP contribution in [0.4, 0.5) is 0 Å². The molecule has 2 aromatic rings. The van der Waals surface area contributed by atoms with Crippen molar-refractivity contribution in [1.82, 2.24) is 9.97 Å². The Bertz CT molecular complexity index is 471. The van der Waals surface area contributed by atoms with Crippen molar-refractivity contribution in [3.63, 3.8) is 0 Å². The molecule has 0 bridgehead atoms. The highest BCUT2D eigenvalue weighted by molar-refractivity contribution is 6.30. The second-order valence-electron chi connectivity index (χ2n) is 3.18. The standard InChI is InChI=1S/C12H11ClN2O/c1-2-16-12-8-14-7-11(15-12)9-3-5-10(13)6-4-9/h3-8H,2H2,1H3. The van der Waals surface area contributed by atoms with Crippen LogP contribution in [0, 0.1) is 0 Å². The number of rotatable bonds is 3. The van der Waals surface area contributed by atoms with Gasteiger partial charge < -0.3 is 4.74 Å². The van der Waals surface area contributed by atoms with E-state index in [9.17, 15) is 0 Å². The monoisotopic (exact) mass is 234 g/mol. The first-order valence-electron chi connectivity index (χ1n) is 5.00. The van der Waals surface area contributed by atoms with Crippen molar-refractivity contribution >= 4 is 11.6 Å². The van der Waals surface area contributed by atoms with Gasteiger partial charge in [0.15, 0.2) is 0 Å². The molecule has 82 valence electrons. The molecule has 0 saturated carbocycles. The molecule has 1 heterocycles. The highest BCUT2D eigenvalue weighted by atomic mass is 35.5. The second kappa shape index (κ2) is 4.94. The Morgan fingerprint density at radius 1 is 1.19 bits per heavy atom. The number of benzene rings is 1. The summed E-state index contributed by atoms with van der Waals surface area (Å²) in [6.45, 7) is 2.50. The van der Waals surface area contributed by atoms with Gasteiger partial charge in [0.2, 0.25) is 5.88 Å². The van der Waals surface area contributed by atoms with Crippen LogP contribution in [0.25, 0.3) is 11.3 Å². The molecule has 2 rings (SSSR count). The zero-order chi connectivity index (χ0) is 11.4. The van der Waals surface area contributed by atoms with Gasteiger partial charge in [0.25, 0.3) is 0 Å². The molecule has 0 aliphatic heterocycles. The molecule has 0 aliphatic rings. The topological polar surface area (TPSA) is 35.0 Å². The van der Waals surface area contributed by atoms with Gasteiger partial charge >= 0.3 is 0 Å². The van der Waals surface area contributed by atoms with E-state index >= 15 is 0 Å². The predicted octanol–water partition coefficient (Wildman–Crippen LogP) is 3.20. The van der Waals surface area contributed by atoms with Gasteiger partial charge in [-0.15, -0.1) is 0 Å². The zero-order valence-electron chi connectivity index (χ0n) is 8.85. The Morgan fingerprint density at radius 3 is 2.62 bits per heavy atom. The van der Waals surface area contributed by atoms with Crippen LogP contribution >= 0.6 is 11.6 Å². The number of hydrogen-bond acceptors (Lipinski definition) is 3. The molecule has 0 unspecified atom stereocenters. The number of ether oxygens (including phenoxy) is 1. The molecule has 0 atom stereocenters. The van der Waals surface area contributed by atoms with E-state index in [1.807, 2.05) is 31.2 Å². The van der Waals surface area contributed by atoms with Crippen LogP contribution in [0.5, 0.6) is 5.88 Å². The first-order chi connectivity index (χ1) is 7.79. The van der Waals surface area contributed by atoms with Crippen molar-refractivity contribution in [1.29, 1.82) is 0 Å². The Kier molecular flexibility index (Phi) is 3.37. The highest BCUT2D eigenvalue weighted by Crippen LogP contribution is 2.20. The molecule has 0 radical (unpaired) electrons. The van der Waals surface area contributed by atoms with E-state index in [2.05, 4.69) is 9.97 Å². The lowest BCUT2D eigenvalue weighted by atomic mass is 10.2. The first-order valence-corrected chi connectivity index (χ1v) is 5.38. The maximum Gasteiger partial charge on any atom is 0.232 e. The van der Waals surface area contributed by atoms with Crippen molar-refractivity contribution in [3.05, 3.63) is 41.7 Å². The van der Waals surface area contributed by atoms with Crippen molar-refractivity contribution in [3.8, 4) is 17.1 Å². The largest absolute Gasteiger partial charge is 0.477 e. The van der Waals surface area contributed by atoms with E-state index in [0.717, 1.165) is 11.3 Å². The lowest BCUT2D eigenvalue weighted by Crippen LogP contribution is -1.96. The zero-order valence-corrected chi connectivity index (χ0v) is 9.61. The van der Waals surface area contributed by atoms with Crippen LogP contribution in [-0.4, -0.2) is 16.6 Å². The maximum absolute atomic E-state index is 5.82. The van der Waals surface area contributed by atoms with Gasteiger partial charge in [-0.05, 0) is 19.1 Å². The minimum atomic E-state index is 0.537. The number of aromatic nitrogens is 2. The van der Waals surface area contributed by atoms with E-state index in [0.29, 0.717) is 17.5 Å². The van der Waals surface area contributed by atoms with Gasteiger partial charge in [0.1, 0.15) is 0 Å². The summed E-state index contributed by atoms with van der Waals surface area (Å²) in [6, 6.07) is 7.46. The molecule has 4 heteroatoms. The molecule has 0 spiro atoms. The van der Waals surface area contributed by atoms with Gasteiger partial charge in [-0.3, -0.25) is 4.98 Å². The highest BCUT2D eigenvalue weighted by Gasteiger charge is 2.02. The van der Waals surface area contributed by atoms with Gasteiger partial charge in [0, 0.05) is 10.6 Å². The lowest BCUT2D eigenvalue weighted by molar-refractivity contribution is 0.325. The maximum atomic E-state index is 5.82. The quantitative estimate of drug-likeness (QED) is 0.818. The smallest absolute Gasteiger partial charge is 0.232 e. The van der Waals surface area contributed by atoms with Crippen LogP contribution in [0.15, 0.2) is 36.7 Å². The summed E-state index contributed by atoms with van der Waals surface area (Å²) in [7, 11) is 0. The molecule has 0 aliphatic carbocycles. The molecular formula is C12H11ClN2O. The third-order valence-electron chi connectivity index (χ3n) is 2.04. The van der Waals surface area contributed by atoms with Crippen LogP contribution in [0.2, 0.25) is 5.02 Å². The summed E-state index contributed by atoms with van der Waals surface area (Å²) >= 11 is 5.82. The SMILES string of the molecule is CCOc1cncc(-c2ccc(Cl)cc2)n1. The van der Waals surface area contributed by atoms with Crippen LogP contribution in [0.1, 0.15) is 6.92 Å².